The van der Waals surface area contributed by atoms with E-state index in [0.717, 1.165) is 31.0 Å². The second-order valence-corrected chi connectivity index (χ2v) is 6.23. The lowest BCUT2D eigenvalue weighted by molar-refractivity contribution is 0.0277. The van der Waals surface area contributed by atoms with Gasteiger partial charge in [-0.1, -0.05) is 25.3 Å². The van der Waals surface area contributed by atoms with E-state index in [1.54, 1.807) is 0 Å². The van der Waals surface area contributed by atoms with E-state index >= 15 is 0 Å². The van der Waals surface area contributed by atoms with Crippen molar-refractivity contribution in [3.05, 3.63) is 24.3 Å². The van der Waals surface area contributed by atoms with Crippen LogP contribution < -0.4 is 15.4 Å². The summed E-state index contributed by atoms with van der Waals surface area (Å²) in [4.78, 5) is 0. The Hall–Kier alpha value is -1.33. The fourth-order valence-corrected chi connectivity index (χ4v) is 2.98. The van der Waals surface area contributed by atoms with E-state index in [4.69, 9.17) is 21.7 Å². The van der Waals surface area contributed by atoms with Gasteiger partial charge in [0, 0.05) is 24.9 Å². The maximum atomic E-state index is 5.91. The number of ether oxygens (including phenoxy) is 2. The highest BCUT2D eigenvalue weighted by atomic mass is 32.1. The van der Waals surface area contributed by atoms with E-state index in [1.807, 2.05) is 31.2 Å². The summed E-state index contributed by atoms with van der Waals surface area (Å²) in [5.74, 6) is 0.848. The Morgan fingerprint density at radius 1 is 1.26 bits per heavy atom. The Morgan fingerprint density at radius 3 is 2.87 bits per heavy atom. The van der Waals surface area contributed by atoms with E-state index in [1.165, 1.54) is 32.1 Å². The van der Waals surface area contributed by atoms with Crippen LogP contribution in [0.15, 0.2) is 24.3 Å². The van der Waals surface area contributed by atoms with Crippen LogP contribution in [0.5, 0.6) is 5.75 Å². The van der Waals surface area contributed by atoms with Gasteiger partial charge >= 0.3 is 0 Å². The van der Waals surface area contributed by atoms with Crippen molar-refractivity contribution in [3.63, 3.8) is 0 Å². The molecule has 0 amide bonds. The van der Waals surface area contributed by atoms with Crippen molar-refractivity contribution in [1.82, 2.24) is 5.32 Å². The van der Waals surface area contributed by atoms with Gasteiger partial charge in [0.15, 0.2) is 5.11 Å². The zero-order valence-corrected chi connectivity index (χ0v) is 14.8. The molecule has 0 aromatic heterocycles. The minimum atomic E-state index is 0.482. The first-order chi connectivity index (χ1) is 11.3. The van der Waals surface area contributed by atoms with Gasteiger partial charge in [-0.3, -0.25) is 0 Å². The molecule has 1 aliphatic carbocycles. The molecule has 0 bridgehead atoms. The van der Waals surface area contributed by atoms with Gasteiger partial charge in [0.2, 0.25) is 0 Å². The van der Waals surface area contributed by atoms with Crippen LogP contribution in [0.3, 0.4) is 0 Å². The first-order valence-corrected chi connectivity index (χ1v) is 9.08. The predicted octanol–water partition coefficient (Wildman–Crippen LogP) is 4.11. The van der Waals surface area contributed by atoms with Gasteiger partial charge in [-0.05, 0) is 50.5 Å². The number of nitrogens with one attached hydrogen (secondary N) is 2. The van der Waals surface area contributed by atoms with Crippen molar-refractivity contribution >= 4 is 23.0 Å². The smallest absolute Gasteiger partial charge is 0.170 e. The van der Waals surface area contributed by atoms with Crippen LogP contribution in [0, 0.1) is 0 Å². The SMILES string of the molecule is CCOc1cccc(NC(=S)NCCCOC2CCCCC2)c1. The van der Waals surface area contributed by atoms with Gasteiger partial charge in [0.1, 0.15) is 5.75 Å². The molecular formula is C18H28N2O2S. The van der Waals surface area contributed by atoms with E-state index < -0.39 is 0 Å². The van der Waals surface area contributed by atoms with Crippen LogP contribution in [0.1, 0.15) is 45.4 Å². The van der Waals surface area contributed by atoms with Crippen molar-refractivity contribution < 1.29 is 9.47 Å². The molecule has 0 aliphatic heterocycles. The van der Waals surface area contributed by atoms with Crippen LogP contribution >= 0.6 is 12.2 Å². The Kier molecular flexibility index (Phi) is 8.18. The summed E-state index contributed by atoms with van der Waals surface area (Å²) in [6.45, 7) is 4.26. The minimum absolute atomic E-state index is 0.482. The first-order valence-electron chi connectivity index (χ1n) is 8.67. The molecule has 1 aromatic carbocycles. The summed E-state index contributed by atoms with van der Waals surface area (Å²) < 4.78 is 11.4. The lowest BCUT2D eigenvalue weighted by atomic mass is 9.98. The molecule has 0 atom stereocenters. The third kappa shape index (κ3) is 7.18. The van der Waals surface area contributed by atoms with Crippen molar-refractivity contribution in [2.75, 3.05) is 25.1 Å². The molecule has 0 unspecified atom stereocenters. The molecule has 1 saturated carbocycles. The number of anilines is 1. The first kappa shape index (κ1) is 18.0. The average Bonchev–Trinajstić information content (AvgIpc) is 2.56. The molecule has 2 rings (SSSR count). The molecule has 128 valence electrons. The minimum Gasteiger partial charge on any atom is -0.494 e. The van der Waals surface area contributed by atoms with E-state index in [0.29, 0.717) is 17.8 Å². The lowest BCUT2D eigenvalue weighted by Gasteiger charge is -2.22. The lowest BCUT2D eigenvalue weighted by Crippen LogP contribution is -2.30. The second-order valence-electron chi connectivity index (χ2n) is 5.83. The summed E-state index contributed by atoms with van der Waals surface area (Å²) in [5.41, 5.74) is 0.937. The zero-order valence-electron chi connectivity index (χ0n) is 14.0. The Labute approximate surface area is 144 Å². The molecule has 5 heteroatoms. The number of benzene rings is 1. The molecule has 0 saturated heterocycles. The standard InChI is InChI=1S/C18H28N2O2S/c1-2-21-17-11-6-8-15(14-17)20-18(23)19-12-7-13-22-16-9-4-3-5-10-16/h6,8,11,14,16H,2-5,7,9-10,12-13H2,1H3,(H2,19,20,23). The van der Waals surface area contributed by atoms with Crippen LogP contribution in [0.25, 0.3) is 0 Å². The number of rotatable bonds is 8. The molecule has 2 N–H and O–H groups in total. The monoisotopic (exact) mass is 336 g/mol. The van der Waals surface area contributed by atoms with Gasteiger partial charge in [0.25, 0.3) is 0 Å². The topological polar surface area (TPSA) is 42.5 Å². The van der Waals surface area contributed by atoms with Gasteiger partial charge < -0.3 is 20.1 Å². The Balaban J connectivity index is 1.58. The van der Waals surface area contributed by atoms with E-state index in [-0.39, 0.29) is 0 Å². The summed E-state index contributed by atoms with van der Waals surface area (Å²) in [6, 6.07) is 7.81. The molecule has 0 radical (unpaired) electrons. The molecular weight excluding hydrogens is 308 g/mol. The van der Waals surface area contributed by atoms with Crippen molar-refractivity contribution in [3.8, 4) is 5.75 Å². The van der Waals surface area contributed by atoms with Crippen molar-refractivity contribution in [2.24, 2.45) is 0 Å². The predicted molar refractivity (Wildman–Crippen MR) is 99.3 cm³/mol. The van der Waals surface area contributed by atoms with Crippen LogP contribution in [-0.4, -0.2) is 31.0 Å². The number of hydrogen-bond donors (Lipinski definition) is 2. The highest BCUT2D eigenvalue weighted by Gasteiger charge is 2.12. The highest BCUT2D eigenvalue weighted by Crippen LogP contribution is 2.20. The summed E-state index contributed by atoms with van der Waals surface area (Å²) in [5, 5.41) is 7.04. The third-order valence-electron chi connectivity index (χ3n) is 3.92. The Bertz CT molecular complexity index is 476. The average molecular weight is 337 g/mol. The maximum Gasteiger partial charge on any atom is 0.170 e. The molecule has 0 heterocycles. The Morgan fingerprint density at radius 2 is 2.09 bits per heavy atom. The largest absolute Gasteiger partial charge is 0.494 e. The normalized spacial score (nSPS) is 15.2. The van der Waals surface area contributed by atoms with E-state index in [2.05, 4.69) is 10.6 Å². The summed E-state index contributed by atoms with van der Waals surface area (Å²) >= 11 is 5.31. The summed E-state index contributed by atoms with van der Waals surface area (Å²) in [6.07, 6.45) is 7.90. The number of thiocarbonyl (C=S) groups is 1. The van der Waals surface area contributed by atoms with Crippen molar-refractivity contribution in [1.29, 1.82) is 0 Å². The van der Waals surface area contributed by atoms with Gasteiger partial charge in [0.05, 0.1) is 12.7 Å². The van der Waals surface area contributed by atoms with Crippen LogP contribution in [0.4, 0.5) is 5.69 Å². The van der Waals surface area contributed by atoms with Crippen LogP contribution in [-0.2, 0) is 4.74 Å². The van der Waals surface area contributed by atoms with Crippen LogP contribution in [0.2, 0.25) is 0 Å². The maximum absolute atomic E-state index is 5.91. The zero-order chi connectivity index (χ0) is 16.3. The van der Waals surface area contributed by atoms with Gasteiger partial charge in [-0.2, -0.15) is 0 Å². The van der Waals surface area contributed by atoms with Crippen molar-refractivity contribution in [2.45, 2.75) is 51.6 Å². The van der Waals surface area contributed by atoms with Gasteiger partial charge in [-0.25, -0.2) is 0 Å². The molecule has 1 aliphatic rings. The van der Waals surface area contributed by atoms with Gasteiger partial charge in [-0.15, -0.1) is 0 Å². The molecule has 4 nitrogen and oxygen atoms in total. The molecule has 1 fully saturated rings. The fraction of sp³-hybridized carbons (Fsp3) is 0.611. The quantitative estimate of drug-likeness (QED) is 0.552. The molecule has 1 aromatic rings. The fourth-order valence-electron chi connectivity index (χ4n) is 2.76. The third-order valence-corrected chi connectivity index (χ3v) is 4.16. The summed E-state index contributed by atoms with van der Waals surface area (Å²) in [7, 11) is 0. The number of hydrogen-bond acceptors (Lipinski definition) is 3. The molecule has 23 heavy (non-hydrogen) atoms. The second kappa shape index (κ2) is 10.4. The highest BCUT2D eigenvalue weighted by molar-refractivity contribution is 7.80. The molecule has 0 spiro atoms. The van der Waals surface area contributed by atoms with E-state index in [9.17, 15) is 0 Å².